The van der Waals surface area contributed by atoms with Crippen molar-refractivity contribution in [3.63, 3.8) is 0 Å². The first-order valence-corrected chi connectivity index (χ1v) is 11.9. The van der Waals surface area contributed by atoms with Crippen LogP contribution in [0.1, 0.15) is 71.6 Å². The van der Waals surface area contributed by atoms with Crippen LogP contribution in [-0.4, -0.2) is 31.3 Å². The number of nitrogens with one attached hydrogen (secondary N) is 1. The van der Waals surface area contributed by atoms with Gasteiger partial charge >= 0.3 is 0 Å². The fourth-order valence-corrected chi connectivity index (χ4v) is 7.09. The van der Waals surface area contributed by atoms with Gasteiger partial charge in [0.2, 0.25) is 0 Å². The number of allylic oxidation sites excluding steroid dienone is 4. The van der Waals surface area contributed by atoms with Crippen molar-refractivity contribution in [2.75, 3.05) is 19.8 Å². The van der Waals surface area contributed by atoms with Gasteiger partial charge in [0.15, 0.2) is 11.6 Å². The molecule has 0 aromatic carbocycles. The quantitative estimate of drug-likeness (QED) is 0.273. The SMILES string of the molecule is C[C@]12CCC(=O)C=C1CCC1C2=CC[C@@]2(C)C1CC[C@@H]2C(=O)COCCCCNN. The molecule has 0 spiro atoms. The van der Waals surface area contributed by atoms with Gasteiger partial charge in [0, 0.05) is 30.9 Å². The third-order valence-corrected chi connectivity index (χ3v) is 8.83. The lowest BCUT2D eigenvalue weighted by molar-refractivity contribution is -0.131. The van der Waals surface area contributed by atoms with E-state index in [1.54, 1.807) is 5.57 Å². The Bertz CT molecular complexity index is 757. The number of hydrazine groups is 1. The van der Waals surface area contributed by atoms with E-state index in [2.05, 4.69) is 25.3 Å². The van der Waals surface area contributed by atoms with Gasteiger partial charge in [-0.05, 0) is 74.7 Å². The second-order valence-corrected chi connectivity index (χ2v) is 10.4. The number of Topliss-reactive ketones (excluding diaryl/α,β-unsaturated/α-hetero) is 1. The van der Waals surface area contributed by atoms with Gasteiger partial charge in [0.25, 0.3) is 0 Å². The Hall–Kier alpha value is -1.30. The summed E-state index contributed by atoms with van der Waals surface area (Å²) in [4.78, 5) is 25.0. The maximum absolute atomic E-state index is 13.1. The first-order chi connectivity index (χ1) is 14.4. The summed E-state index contributed by atoms with van der Waals surface area (Å²) in [6.07, 6.45) is 13.2. The minimum Gasteiger partial charge on any atom is -0.374 e. The van der Waals surface area contributed by atoms with Crippen LogP contribution in [0.15, 0.2) is 23.3 Å². The molecule has 5 heteroatoms. The third kappa shape index (κ3) is 3.74. The molecule has 5 atom stereocenters. The zero-order chi connectivity index (χ0) is 21.4. The molecule has 0 aromatic rings. The van der Waals surface area contributed by atoms with Crippen molar-refractivity contribution in [3.05, 3.63) is 23.3 Å². The lowest BCUT2D eigenvalue weighted by Gasteiger charge is -2.53. The minimum absolute atomic E-state index is 0.0557. The van der Waals surface area contributed by atoms with Gasteiger partial charge in [-0.25, -0.2) is 0 Å². The molecule has 3 N–H and O–H groups in total. The molecule has 0 radical (unpaired) electrons. The van der Waals surface area contributed by atoms with Crippen molar-refractivity contribution in [1.29, 1.82) is 0 Å². The second kappa shape index (κ2) is 8.68. The summed E-state index contributed by atoms with van der Waals surface area (Å²) in [5, 5.41) is 0. The number of ether oxygens (including phenoxy) is 1. The van der Waals surface area contributed by atoms with Crippen LogP contribution in [0.25, 0.3) is 0 Å². The molecule has 4 aliphatic rings. The fraction of sp³-hybridized carbons (Fsp3) is 0.760. The highest BCUT2D eigenvalue weighted by Gasteiger charge is 2.57. The summed E-state index contributed by atoms with van der Waals surface area (Å²) in [7, 11) is 0. The molecule has 166 valence electrons. The molecular weight excluding hydrogens is 376 g/mol. The lowest BCUT2D eigenvalue weighted by Crippen LogP contribution is -2.45. The maximum Gasteiger partial charge on any atom is 0.162 e. The summed E-state index contributed by atoms with van der Waals surface area (Å²) in [6.45, 7) is 6.36. The zero-order valence-corrected chi connectivity index (χ0v) is 18.7. The molecule has 5 nitrogen and oxygen atoms in total. The fourth-order valence-electron chi connectivity index (χ4n) is 7.09. The van der Waals surface area contributed by atoms with Crippen LogP contribution in [0, 0.1) is 28.6 Å². The standard InChI is InChI=1S/C25H38N2O3/c1-24-11-9-18(28)15-17(24)5-6-19-20-7-8-22(25(20,2)12-10-21(19)24)23(29)16-30-14-4-3-13-27-26/h10,15,19-20,22,27H,3-9,11-14,16,26H2,1-2H3/t19?,20?,22-,24+,25+/m1/s1. The molecular formula is C25H38N2O3. The number of hydrogen-bond donors (Lipinski definition) is 2. The highest BCUT2D eigenvalue weighted by atomic mass is 16.5. The van der Waals surface area contributed by atoms with Crippen molar-refractivity contribution >= 4 is 11.6 Å². The van der Waals surface area contributed by atoms with E-state index in [1.165, 1.54) is 5.57 Å². The normalized spacial score (nSPS) is 37.7. The van der Waals surface area contributed by atoms with E-state index in [0.717, 1.165) is 57.9 Å². The topological polar surface area (TPSA) is 81.4 Å². The molecule has 30 heavy (non-hydrogen) atoms. The van der Waals surface area contributed by atoms with E-state index in [0.29, 0.717) is 36.4 Å². The van der Waals surface area contributed by atoms with Gasteiger partial charge in [0.1, 0.15) is 6.61 Å². The van der Waals surface area contributed by atoms with Gasteiger partial charge in [-0.2, -0.15) is 0 Å². The molecule has 0 aliphatic heterocycles. The summed E-state index contributed by atoms with van der Waals surface area (Å²) in [5.74, 6) is 7.14. The van der Waals surface area contributed by atoms with Gasteiger partial charge in [0.05, 0.1) is 0 Å². The number of fused-ring (bicyclic) bond motifs is 5. The Balaban J connectivity index is 1.44. The van der Waals surface area contributed by atoms with Crippen LogP contribution in [0.3, 0.4) is 0 Å². The number of nitrogens with two attached hydrogens (primary N) is 1. The molecule has 0 aromatic heterocycles. The van der Waals surface area contributed by atoms with E-state index in [4.69, 9.17) is 10.6 Å². The summed E-state index contributed by atoms with van der Waals surface area (Å²) in [6, 6.07) is 0. The van der Waals surface area contributed by atoms with Crippen LogP contribution in [-0.2, 0) is 14.3 Å². The molecule has 4 aliphatic carbocycles. The van der Waals surface area contributed by atoms with Crippen LogP contribution >= 0.6 is 0 Å². The first-order valence-electron chi connectivity index (χ1n) is 11.9. The summed E-state index contributed by atoms with van der Waals surface area (Å²) < 4.78 is 5.71. The lowest BCUT2D eigenvalue weighted by atomic mass is 9.51. The van der Waals surface area contributed by atoms with Gasteiger partial charge in [-0.15, -0.1) is 0 Å². The van der Waals surface area contributed by atoms with E-state index >= 15 is 0 Å². The number of rotatable bonds is 8. The molecule has 2 unspecified atom stereocenters. The highest BCUT2D eigenvalue weighted by molar-refractivity contribution is 5.92. The molecule has 2 fully saturated rings. The average Bonchev–Trinajstić information content (AvgIpc) is 3.08. The molecule has 0 saturated heterocycles. The Labute approximate surface area is 180 Å². The number of hydrogen-bond acceptors (Lipinski definition) is 5. The van der Waals surface area contributed by atoms with Crippen molar-refractivity contribution in [3.8, 4) is 0 Å². The number of unbranched alkanes of at least 4 members (excludes halogenated alkanes) is 1. The molecule has 0 bridgehead atoms. The molecule has 0 amide bonds. The number of carbonyl (C=O) groups excluding carboxylic acids is 2. The Morgan fingerprint density at radius 2 is 2.07 bits per heavy atom. The van der Waals surface area contributed by atoms with E-state index in [1.807, 2.05) is 6.08 Å². The maximum atomic E-state index is 13.1. The minimum atomic E-state index is 0.0557. The van der Waals surface area contributed by atoms with Crippen LogP contribution in [0.5, 0.6) is 0 Å². The summed E-state index contributed by atoms with van der Waals surface area (Å²) in [5.41, 5.74) is 5.70. The van der Waals surface area contributed by atoms with E-state index in [-0.39, 0.29) is 23.4 Å². The van der Waals surface area contributed by atoms with E-state index < -0.39 is 0 Å². The Morgan fingerprint density at radius 3 is 2.87 bits per heavy atom. The Morgan fingerprint density at radius 1 is 1.23 bits per heavy atom. The van der Waals surface area contributed by atoms with Crippen molar-refractivity contribution in [2.24, 2.45) is 34.4 Å². The van der Waals surface area contributed by atoms with E-state index in [9.17, 15) is 9.59 Å². The average molecular weight is 415 g/mol. The van der Waals surface area contributed by atoms with Gasteiger partial charge in [-0.3, -0.25) is 20.9 Å². The van der Waals surface area contributed by atoms with Gasteiger partial charge < -0.3 is 4.74 Å². The highest BCUT2D eigenvalue weighted by Crippen LogP contribution is 2.64. The smallest absolute Gasteiger partial charge is 0.162 e. The van der Waals surface area contributed by atoms with Crippen LogP contribution in [0.2, 0.25) is 0 Å². The first kappa shape index (κ1) is 21.9. The van der Waals surface area contributed by atoms with Crippen molar-refractivity contribution < 1.29 is 14.3 Å². The third-order valence-electron chi connectivity index (χ3n) is 8.83. The monoisotopic (exact) mass is 414 g/mol. The zero-order valence-electron chi connectivity index (χ0n) is 18.7. The summed E-state index contributed by atoms with van der Waals surface area (Å²) >= 11 is 0. The molecule has 4 rings (SSSR count). The Kier molecular flexibility index (Phi) is 6.34. The predicted octanol–water partition coefficient (Wildman–Crippen LogP) is 3.88. The predicted molar refractivity (Wildman–Crippen MR) is 117 cm³/mol. The van der Waals surface area contributed by atoms with Crippen LogP contribution in [0.4, 0.5) is 0 Å². The largest absolute Gasteiger partial charge is 0.374 e. The van der Waals surface area contributed by atoms with Crippen molar-refractivity contribution in [2.45, 2.75) is 71.6 Å². The van der Waals surface area contributed by atoms with Crippen molar-refractivity contribution in [1.82, 2.24) is 5.43 Å². The number of carbonyl (C=O) groups is 2. The number of ketones is 2. The van der Waals surface area contributed by atoms with Crippen LogP contribution < -0.4 is 11.3 Å². The van der Waals surface area contributed by atoms with Gasteiger partial charge in [-0.1, -0.05) is 31.1 Å². The molecule has 0 heterocycles. The second-order valence-electron chi connectivity index (χ2n) is 10.4. The molecule has 2 saturated carbocycles.